The van der Waals surface area contributed by atoms with Crippen LogP contribution in [-0.4, -0.2) is 10.8 Å². The number of nitrogens with zero attached hydrogens (tertiary/aromatic N) is 1. The molecule has 0 aromatic heterocycles. The molecule has 2 atom stereocenters. The number of para-hydroxylation sites is 1. The lowest BCUT2D eigenvalue weighted by Gasteiger charge is -2.31. The molecule has 0 bridgehead atoms. The number of fused-ring (bicyclic) bond motifs is 1. The van der Waals surface area contributed by atoms with Crippen LogP contribution in [0.4, 0.5) is 11.4 Å². The first kappa shape index (κ1) is 13.5. The van der Waals surface area contributed by atoms with E-state index in [1.807, 2.05) is 6.92 Å². The van der Waals surface area contributed by atoms with E-state index in [2.05, 4.69) is 26.1 Å². The number of hydrogen-bond donors (Lipinski definition) is 1. The van der Waals surface area contributed by atoms with Gasteiger partial charge in [0.2, 0.25) is 5.91 Å². The average molecular weight is 262 g/mol. The number of amides is 1. The molecule has 102 valence electrons. The largest absolute Gasteiger partial charge is 0.320 e. The minimum atomic E-state index is -0.455. The lowest BCUT2D eigenvalue weighted by atomic mass is 9.72. The van der Waals surface area contributed by atoms with E-state index in [0.29, 0.717) is 5.69 Å². The Bertz CT molecular complexity index is 546. The first-order valence-corrected chi connectivity index (χ1v) is 6.31. The second kappa shape index (κ2) is 4.33. The SMILES string of the molecule is CC(C1C(=O)Nc2c1cccc2[N+](=O)[O-])C(C)(C)C. The Labute approximate surface area is 112 Å². The molecule has 1 heterocycles. The topological polar surface area (TPSA) is 72.2 Å². The van der Waals surface area contributed by atoms with Crippen LogP contribution in [0.1, 0.15) is 39.2 Å². The van der Waals surface area contributed by atoms with Crippen molar-refractivity contribution in [3.8, 4) is 0 Å². The van der Waals surface area contributed by atoms with Crippen LogP contribution >= 0.6 is 0 Å². The van der Waals surface area contributed by atoms with Gasteiger partial charge in [-0.3, -0.25) is 14.9 Å². The van der Waals surface area contributed by atoms with Crippen molar-refractivity contribution >= 4 is 17.3 Å². The predicted molar refractivity (Wildman–Crippen MR) is 73.1 cm³/mol. The Hall–Kier alpha value is -1.91. The molecule has 0 aliphatic carbocycles. The van der Waals surface area contributed by atoms with E-state index < -0.39 is 4.92 Å². The van der Waals surface area contributed by atoms with Gasteiger partial charge in [-0.25, -0.2) is 0 Å². The van der Waals surface area contributed by atoms with Gasteiger partial charge in [0.1, 0.15) is 5.69 Å². The second-order valence-electron chi connectivity index (χ2n) is 6.12. The first-order valence-electron chi connectivity index (χ1n) is 6.31. The molecule has 5 heteroatoms. The molecule has 1 aliphatic heterocycles. The van der Waals surface area contributed by atoms with E-state index in [0.717, 1.165) is 5.56 Å². The third-order valence-corrected chi connectivity index (χ3v) is 4.00. The number of rotatable bonds is 2. The molecule has 1 N–H and O–H groups in total. The molecule has 0 saturated heterocycles. The van der Waals surface area contributed by atoms with Crippen LogP contribution in [0.3, 0.4) is 0 Å². The number of nitrogens with one attached hydrogen (secondary N) is 1. The summed E-state index contributed by atoms with van der Waals surface area (Å²) in [4.78, 5) is 22.7. The molecule has 19 heavy (non-hydrogen) atoms. The van der Waals surface area contributed by atoms with Crippen LogP contribution in [0.25, 0.3) is 0 Å². The average Bonchev–Trinajstić information content (AvgIpc) is 2.61. The summed E-state index contributed by atoms with van der Waals surface area (Å²) in [6.45, 7) is 8.22. The maximum atomic E-state index is 12.2. The lowest BCUT2D eigenvalue weighted by molar-refractivity contribution is -0.383. The molecule has 2 unspecified atom stereocenters. The monoisotopic (exact) mass is 262 g/mol. The van der Waals surface area contributed by atoms with Crippen molar-refractivity contribution in [2.45, 2.75) is 33.6 Å². The van der Waals surface area contributed by atoms with Crippen LogP contribution in [-0.2, 0) is 4.79 Å². The third-order valence-electron chi connectivity index (χ3n) is 4.00. The van der Waals surface area contributed by atoms with Gasteiger partial charge >= 0.3 is 0 Å². The summed E-state index contributed by atoms with van der Waals surface area (Å²) in [5.74, 6) is -0.377. The molecule has 1 aromatic carbocycles. The summed E-state index contributed by atoms with van der Waals surface area (Å²) in [7, 11) is 0. The van der Waals surface area contributed by atoms with Gasteiger partial charge in [0.05, 0.1) is 10.8 Å². The molecular formula is C14H18N2O3. The minimum absolute atomic E-state index is 0.0329. The molecule has 0 saturated carbocycles. The Morgan fingerprint density at radius 2 is 2.00 bits per heavy atom. The number of nitro benzene ring substituents is 1. The van der Waals surface area contributed by atoms with Gasteiger partial charge in [0, 0.05) is 6.07 Å². The number of anilines is 1. The number of nitro groups is 1. The first-order chi connectivity index (χ1) is 8.73. The molecule has 0 fully saturated rings. The Morgan fingerprint density at radius 3 is 2.53 bits per heavy atom. The minimum Gasteiger partial charge on any atom is -0.320 e. The molecular weight excluding hydrogens is 244 g/mol. The van der Waals surface area contributed by atoms with Crippen LogP contribution in [0, 0.1) is 21.4 Å². The molecule has 0 spiro atoms. The van der Waals surface area contributed by atoms with E-state index in [1.54, 1.807) is 12.1 Å². The van der Waals surface area contributed by atoms with Crippen LogP contribution in [0.2, 0.25) is 0 Å². The highest BCUT2D eigenvalue weighted by atomic mass is 16.6. The molecule has 1 aliphatic rings. The fraction of sp³-hybridized carbons (Fsp3) is 0.500. The fourth-order valence-corrected chi connectivity index (χ4v) is 2.44. The summed E-state index contributed by atoms with van der Waals surface area (Å²) in [6.07, 6.45) is 0. The predicted octanol–water partition coefficient (Wildman–Crippen LogP) is 3.31. The van der Waals surface area contributed by atoms with Gasteiger partial charge in [-0.2, -0.15) is 0 Å². The van der Waals surface area contributed by atoms with Crippen molar-refractivity contribution in [2.24, 2.45) is 11.3 Å². The van der Waals surface area contributed by atoms with E-state index in [1.165, 1.54) is 6.07 Å². The van der Waals surface area contributed by atoms with Gasteiger partial charge in [-0.15, -0.1) is 0 Å². The fourth-order valence-electron chi connectivity index (χ4n) is 2.44. The number of hydrogen-bond acceptors (Lipinski definition) is 3. The second-order valence-corrected chi connectivity index (χ2v) is 6.12. The highest BCUT2D eigenvalue weighted by Crippen LogP contribution is 2.46. The number of benzene rings is 1. The normalized spacial score (nSPS) is 19.8. The molecule has 1 aromatic rings. The maximum Gasteiger partial charge on any atom is 0.293 e. The highest BCUT2D eigenvalue weighted by molar-refractivity contribution is 6.05. The van der Waals surface area contributed by atoms with Crippen molar-refractivity contribution in [3.63, 3.8) is 0 Å². The molecule has 0 radical (unpaired) electrons. The standard InChI is InChI=1S/C14H18N2O3/c1-8(14(2,3)4)11-9-6-5-7-10(16(18)19)12(9)15-13(11)17/h5-8,11H,1-4H3,(H,15,17). The van der Waals surface area contributed by atoms with Crippen molar-refractivity contribution in [1.29, 1.82) is 0 Å². The summed E-state index contributed by atoms with van der Waals surface area (Å²) in [5.41, 5.74) is 1.02. The van der Waals surface area contributed by atoms with Crippen molar-refractivity contribution in [2.75, 3.05) is 5.32 Å². The smallest absolute Gasteiger partial charge is 0.293 e. The van der Waals surface area contributed by atoms with Gasteiger partial charge in [0.25, 0.3) is 5.69 Å². The lowest BCUT2D eigenvalue weighted by Crippen LogP contribution is -2.28. The van der Waals surface area contributed by atoms with Crippen molar-refractivity contribution < 1.29 is 9.72 Å². The molecule has 2 rings (SSSR count). The zero-order valence-corrected chi connectivity index (χ0v) is 11.6. The molecule has 5 nitrogen and oxygen atoms in total. The van der Waals surface area contributed by atoms with E-state index in [-0.39, 0.29) is 28.8 Å². The van der Waals surface area contributed by atoms with Crippen LogP contribution in [0.5, 0.6) is 0 Å². The summed E-state index contributed by atoms with van der Waals surface area (Å²) in [5, 5.41) is 13.7. The highest BCUT2D eigenvalue weighted by Gasteiger charge is 2.42. The third kappa shape index (κ3) is 2.20. The van der Waals surface area contributed by atoms with Crippen molar-refractivity contribution in [1.82, 2.24) is 0 Å². The Balaban J connectivity index is 2.52. The van der Waals surface area contributed by atoms with E-state index in [9.17, 15) is 14.9 Å². The van der Waals surface area contributed by atoms with Crippen LogP contribution in [0.15, 0.2) is 18.2 Å². The Kier molecular flexibility index (Phi) is 3.08. The maximum absolute atomic E-state index is 12.2. The zero-order chi connectivity index (χ0) is 14.4. The van der Waals surface area contributed by atoms with E-state index >= 15 is 0 Å². The summed E-state index contributed by atoms with van der Waals surface area (Å²) < 4.78 is 0. The quantitative estimate of drug-likeness (QED) is 0.656. The van der Waals surface area contributed by atoms with Gasteiger partial charge in [0.15, 0.2) is 0 Å². The van der Waals surface area contributed by atoms with Gasteiger partial charge in [-0.05, 0) is 16.9 Å². The van der Waals surface area contributed by atoms with Gasteiger partial charge < -0.3 is 5.32 Å². The molecule has 1 amide bonds. The van der Waals surface area contributed by atoms with E-state index in [4.69, 9.17) is 0 Å². The van der Waals surface area contributed by atoms with Crippen molar-refractivity contribution in [3.05, 3.63) is 33.9 Å². The summed E-state index contributed by atoms with van der Waals surface area (Å²) >= 11 is 0. The zero-order valence-electron chi connectivity index (χ0n) is 11.6. The van der Waals surface area contributed by atoms with Gasteiger partial charge in [-0.1, -0.05) is 39.8 Å². The number of carbonyl (C=O) groups excluding carboxylic acids is 1. The summed E-state index contributed by atoms with van der Waals surface area (Å²) in [6, 6.07) is 4.86. The Morgan fingerprint density at radius 1 is 1.37 bits per heavy atom. The number of carbonyl (C=O) groups is 1. The van der Waals surface area contributed by atoms with Crippen LogP contribution < -0.4 is 5.32 Å².